The van der Waals surface area contributed by atoms with Gasteiger partial charge in [0.2, 0.25) is 5.11 Å². The molecular weight excluding hydrogens is 270 g/mol. The Bertz CT molecular complexity index is 392. The van der Waals surface area contributed by atoms with E-state index in [1.807, 2.05) is 0 Å². The summed E-state index contributed by atoms with van der Waals surface area (Å²) in [6.07, 6.45) is 0. The number of halogens is 4. The van der Waals surface area contributed by atoms with Crippen LogP contribution in [0.4, 0.5) is 4.39 Å². The summed E-state index contributed by atoms with van der Waals surface area (Å²) in [6.45, 7) is 0. The molecule has 0 bridgehead atoms. The van der Waals surface area contributed by atoms with Crippen LogP contribution in [0.2, 0.25) is 0 Å². The van der Waals surface area contributed by atoms with E-state index < -0.39 is 16.8 Å². The van der Waals surface area contributed by atoms with Gasteiger partial charge < -0.3 is 0 Å². The van der Waals surface area contributed by atoms with Crippen LogP contribution >= 0.6 is 38.8 Å². The molecule has 7 heteroatoms. The van der Waals surface area contributed by atoms with E-state index in [-0.39, 0.29) is 5.56 Å². The highest BCUT2D eigenvalue weighted by Gasteiger charge is 2.11. The highest BCUT2D eigenvalue weighted by molar-refractivity contribution is 8.26. The lowest BCUT2D eigenvalue weighted by molar-refractivity contribution is 0.100. The summed E-state index contributed by atoms with van der Waals surface area (Å²) in [6, 6.07) is 4.84. The maximum Gasteiger partial charge on any atom is 0.278 e. The molecule has 0 saturated carbocycles. The molecule has 14 heavy (non-hydrogen) atoms. The van der Waals surface area contributed by atoms with E-state index in [0.29, 0.717) is 0 Å². The Kier molecular flexibility index (Phi) is 3.96. The third-order valence-electron chi connectivity index (χ3n) is 1.30. The highest BCUT2D eigenvalue weighted by Crippen LogP contribution is 2.65. The molecule has 2 nitrogen and oxygen atoms in total. The van der Waals surface area contributed by atoms with Gasteiger partial charge in [0.1, 0.15) is 5.82 Å². The van der Waals surface area contributed by atoms with Crippen molar-refractivity contribution in [2.75, 3.05) is 0 Å². The summed E-state index contributed by atoms with van der Waals surface area (Å²) in [5, 5.41) is -3.05. The smallest absolute Gasteiger partial charge is 0.267 e. The summed E-state index contributed by atoms with van der Waals surface area (Å²) in [5.41, 5.74) is 0.192. The molecule has 0 atom stereocenters. The van der Waals surface area contributed by atoms with Gasteiger partial charge in [-0.1, -0.05) is 0 Å². The summed E-state index contributed by atoms with van der Waals surface area (Å²) in [7, 11) is 0. The van der Waals surface area contributed by atoms with Crippen molar-refractivity contribution in [1.29, 1.82) is 0 Å². The number of amides is 1. The third kappa shape index (κ3) is 3.97. The maximum absolute atomic E-state index is 12.5. The predicted molar refractivity (Wildman–Crippen MR) is 57.6 cm³/mol. The zero-order valence-electron chi connectivity index (χ0n) is 6.62. The lowest BCUT2D eigenvalue weighted by atomic mass is 10.2. The van der Waals surface area contributed by atoms with Crippen molar-refractivity contribution < 1.29 is 9.18 Å². The van der Waals surface area contributed by atoms with E-state index in [0.717, 1.165) is 12.1 Å². The summed E-state index contributed by atoms with van der Waals surface area (Å²) >= 11 is 16.2. The Morgan fingerprint density at radius 3 is 2.14 bits per heavy atom. The van der Waals surface area contributed by atoms with Gasteiger partial charge in [0.25, 0.3) is 5.91 Å². The largest absolute Gasteiger partial charge is 0.278 e. The molecule has 0 radical (unpaired) electrons. The molecule has 0 spiro atoms. The quantitative estimate of drug-likeness (QED) is 0.687. The first-order valence-corrected chi connectivity index (χ1v) is 7.85. The minimum atomic E-state index is -3.05. The number of rotatable bonds is 1. The van der Waals surface area contributed by atoms with Crippen LogP contribution in [0, 0.1) is 5.82 Å². The van der Waals surface area contributed by atoms with Crippen molar-refractivity contribution in [2.24, 2.45) is 4.74 Å². The van der Waals surface area contributed by atoms with Crippen molar-refractivity contribution in [2.45, 2.75) is 0 Å². The Morgan fingerprint density at radius 1 is 1.21 bits per heavy atom. The molecule has 0 aromatic heterocycles. The average molecular weight is 274 g/mol. The van der Waals surface area contributed by atoms with E-state index in [2.05, 4.69) is 4.74 Å². The fraction of sp³-hybridized carbons (Fsp3) is 0. The van der Waals surface area contributed by atoms with Crippen LogP contribution in [0.1, 0.15) is 10.4 Å². The molecule has 1 aromatic rings. The molecule has 1 aromatic carbocycles. The van der Waals surface area contributed by atoms with Crippen LogP contribution in [0.25, 0.3) is 0 Å². The van der Waals surface area contributed by atoms with Crippen molar-refractivity contribution in [3.63, 3.8) is 0 Å². The molecular formula is C7H4Cl3FNOP. The topological polar surface area (TPSA) is 29.4 Å². The van der Waals surface area contributed by atoms with E-state index >= 15 is 0 Å². The molecule has 1 amide bonds. The molecule has 76 valence electrons. The van der Waals surface area contributed by atoms with Crippen molar-refractivity contribution in [3.8, 4) is 0 Å². The average Bonchev–Trinajstić information content (AvgIpc) is 2.02. The molecule has 0 aliphatic rings. The van der Waals surface area contributed by atoms with Gasteiger partial charge in [0.05, 0.1) is 0 Å². The summed E-state index contributed by atoms with van der Waals surface area (Å²) in [4.78, 5) is 11.3. The van der Waals surface area contributed by atoms with Crippen LogP contribution in [-0.2, 0) is 0 Å². The van der Waals surface area contributed by atoms with Gasteiger partial charge in [-0.3, -0.25) is 4.79 Å². The number of nitrogens with zero attached hydrogens (tertiary/aromatic N) is 1. The van der Waals surface area contributed by atoms with Gasteiger partial charge in [-0.15, -0.1) is 0 Å². The Balaban J connectivity index is 2.97. The molecule has 0 saturated heterocycles. The second-order valence-corrected chi connectivity index (χ2v) is 9.33. The normalized spacial score (nSPS) is 11.1. The van der Waals surface area contributed by atoms with Crippen LogP contribution < -0.4 is 0 Å². The Morgan fingerprint density at radius 2 is 1.71 bits per heavy atom. The van der Waals surface area contributed by atoms with Crippen LogP contribution in [0.5, 0.6) is 0 Å². The number of hydrogen-bond acceptors (Lipinski definition) is 1. The summed E-state index contributed by atoms with van der Waals surface area (Å²) < 4.78 is 15.8. The fourth-order valence-electron chi connectivity index (χ4n) is 0.753. The number of carbonyl (C=O) groups excluding carboxylic acids is 1. The number of hydrogen-bond donors (Lipinski definition) is 0. The zero-order chi connectivity index (χ0) is 10.8. The van der Waals surface area contributed by atoms with Gasteiger partial charge in [0, 0.05) is 5.56 Å². The van der Waals surface area contributed by atoms with Gasteiger partial charge in [-0.2, -0.15) is 4.74 Å². The van der Waals surface area contributed by atoms with Crippen LogP contribution in [0.3, 0.4) is 0 Å². The second kappa shape index (κ2) is 4.63. The van der Waals surface area contributed by atoms with Crippen molar-refractivity contribution in [1.82, 2.24) is 0 Å². The first kappa shape index (κ1) is 12.0. The lowest BCUT2D eigenvalue weighted by Crippen LogP contribution is -1.92. The second-order valence-electron chi connectivity index (χ2n) is 2.33. The van der Waals surface area contributed by atoms with Crippen molar-refractivity contribution >= 4 is 44.7 Å². The molecule has 0 aliphatic carbocycles. The van der Waals surface area contributed by atoms with Gasteiger partial charge >= 0.3 is 0 Å². The SMILES string of the molecule is O=C(N=P(Cl)(Cl)Cl)c1ccc(F)cc1. The predicted octanol–water partition coefficient (Wildman–Crippen LogP) is 4.63. The van der Waals surface area contributed by atoms with E-state index in [1.54, 1.807) is 0 Å². The molecule has 0 heterocycles. The molecule has 0 fully saturated rings. The monoisotopic (exact) mass is 273 g/mol. The highest BCUT2D eigenvalue weighted by atomic mass is 36.0. The standard InChI is InChI=1S/C7H4Cl3FNOP/c8-14(9,10)12-7(13)5-1-3-6(11)4-2-5/h1-4H. The maximum atomic E-state index is 12.5. The van der Waals surface area contributed by atoms with Gasteiger partial charge in [0.15, 0.2) is 0 Å². The van der Waals surface area contributed by atoms with Crippen LogP contribution in [-0.4, -0.2) is 5.91 Å². The first-order valence-electron chi connectivity index (χ1n) is 3.40. The molecule has 1 rings (SSSR count). The fourth-order valence-corrected chi connectivity index (χ4v) is 1.69. The van der Waals surface area contributed by atoms with Gasteiger partial charge in [-0.25, -0.2) is 4.39 Å². The van der Waals surface area contributed by atoms with E-state index in [1.165, 1.54) is 12.1 Å². The Labute approximate surface area is 94.4 Å². The minimum absolute atomic E-state index is 0.192. The molecule has 0 N–H and O–H groups in total. The van der Waals surface area contributed by atoms with E-state index in [4.69, 9.17) is 33.7 Å². The number of carbonyl (C=O) groups is 1. The third-order valence-corrected chi connectivity index (χ3v) is 2.38. The van der Waals surface area contributed by atoms with Crippen molar-refractivity contribution in [3.05, 3.63) is 35.6 Å². The minimum Gasteiger partial charge on any atom is -0.267 e. The zero-order valence-corrected chi connectivity index (χ0v) is 9.79. The van der Waals surface area contributed by atoms with Gasteiger partial charge in [-0.05, 0) is 58.0 Å². The molecule has 0 aliphatic heterocycles. The van der Waals surface area contributed by atoms with Crippen LogP contribution in [0.15, 0.2) is 29.0 Å². The van der Waals surface area contributed by atoms with E-state index in [9.17, 15) is 9.18 Å². The first-order chi connectivity index (χ1) is 6.38. The lowest BCUT2D eigenvalue weighted by Gasteiger charge is -1.98. The Hall–Kier alpha value is -0.0800. The summed E-state index contributed by atoms with van der Waals surface area (Å²) in [5.74, 6) is -1.09. The number of benzene rings is 1. The molecule has 0 unspecified atom stereocenters.